The Bertz CT molecular complexity index is 793. The maximum Gasteiger partial charge on any atom is 0.410 e. The molecular weight excluding hydrogens is 418 g/mol. The highest BCUT2D eigenvalue weighted by Crippen LogP contribution is 2.34. The Hall–Kier alpha value is -2.28. The fourth-order valence-corrected chi connectivity index (χ4v) is 5.68. The highest BCUT2D eigenvalue weighted by Gasteiger charge is 2.38. The summed E-state index contributed by atoms with van der Waals surface area (Å²) in [7, 11) is 1.65. The van der Waals surface area contributed by atoms with E-state index in [4.69, 9.17) is 9.47 Å². The van der Waals surface area contributed by atoms with Gasteiger partial charge in [-0.3, -0.25) is 4.79 Å². The van der Waals surface area contributed by atoms with E-state index >= 15 is 0 Å². The monoisotopic (exact) mass is 459 g/mol. The molecule has 3 atom stereocenters. The standard InChI is InChI=1S/C26H41N3O4/c1-6-21(18-23-13-12-19(3)28(23)26(31)33-7-2)27-16-14-22(15-17-27)29(20(4)30)24-10-8-9-11-25(24)32-5/h8-11,19,21-23H,6-7,12-18H2,1-5H3. The van der Waals surface area contributed by atoms with E-state index in [0.29, 0.717) is 12.6 Å². The number of carbonyl (C=O) groups is 2. The third-order valence-electron chi connectivity index (χ3n) is 7.34. The van der Waals surface area contributed by atoms with Gasteiger partial charge in [0.25, 0.3) is 0 Å². The van der Waals surface area contributed by atoms with Crippen molar-refractivity contribution in [3.8, 4) is 5.75 Å². The Morgan fingerprint density at radius 1 is 1.12 bits per heavy atom. The predicted octanol–water partition coefficient (Wildman–Crippen LogP) is 4.69. The van der Waals surface area contributed by atoms with Crippen molar-refractivity contribution in [2.24, 2.45) is 0 Å². The molecule has 2 amide bonds. The molecule has 7 heteroatoms. The van der Waals surface area contributed by atoms with Crippen LogP contribution < -0.4 is 9.64 Å². The topological polar surface area (TPSA) is 62.3 Å². The summed E-state index contributed by atoms with van der Waals surface area (Å²) in [4.78, 5) is 31.6. The van der Waals surface area contributed by atoms with Gasteiger partial charge in [-0.05, 0) is 64.5 Å². The largest absolute Gasteiger partial charge is 0.495 e. The van der Waals surface area contributed by atoms with Gasteiger partial charge < -0.3 is 24.2 Å². The van der Waals surface area contributed by atoms with Crippen LogP contribution in [-0.4, -0.2) is 72.8 Å². The Labute approximate surface area is 199 Å². The molecule has 0 aliphatic carbocycles. The zero-order valence-electron chi connectivity index (χ0n) is 21.0. The number of carbonyl (C=O) groups excluding carboxylic acids is 2. The molecule has 2 aliphatic heterocycles. The molecule has 1 aromatic rings. The van der Waals surface area contributed by atoms with Crippen LogP contribution in [0.3, 0.4) is 0 Å². The maximum atomic E-state index is 12.6. The molecule has 2 fully saturated rings. The van der Waals surface area contributed by atoms with Gasteiger partial charge in [0.1, 0.15) is 5.75 Å². The molecule has 7 nitrogen and oxygen atoms in total. The molecule has 0 saturated carbocycles. The van der Waals surface area contributed by atoms with Gasteiger partial charge in [-0.25, -0.2) is 4.79 Å². The Balaban J connectivity index is 1.65. The third kappa shape index (κ3) is 5.81. The number of ether oxygens (including phenoxy) is 2. The summed E-state index contributed by atoms with van der Waals surface area (Å²) in [5.41, 5.74) is 0.850. The number of methoxy groups -OCH3 is 1. The van der Waals surface area contributed by atoms with Gasteiger partial charge in [-0.15, -0.1) is 0 Å². The first-order valence-electron chi connectivity index (χ1n) is 12.5. The lowest BCUT2D eigenvalue weighted by atomic mass is 9.96. The van der Waals surface area contributed by atoms with Gasteiger partial charge in [0, 0.05) is 44.2 Å². The summed E-state index contributed by atoms with van der Waals surface area (Å²) in [6.07, 6.45) is 5.79. The number of amides is 2. The molecule has 0 radical (unpaired) electrons. The minimum absolute atomic E-state index is 0.0509. The van der Waals surface area contributed by atoms with E-state index in [2.05, 4.69) is 18.7 Å². The van der Waals surface area contributed by atoms with E-state index in [0.717, 1.165) is 63.1 Å². The molecule has 3 unspecified atom stereocenters. The molecule has 1 aromatic carbocycles. The van der Waals surface area contributed by atoms with E-state index in [1.807, 2.05) is 41.0 Å². The van der Waals surface area contributed by atoms with Gasteiger partial charge in [0.05, 0.1) is 19.4 Å². The molecule has 0 bridgehead atoms. The first-order chi connectivity index (χ1) is 15.9. The average Bonchev–Trinajstić information content (AvgIpc) is 3.18. The second-order valence-electron chi connectivity index (χ2n) is 9.31. The lowest BCUT2D eigenvalue weighted by Crippen LogP contribution is -2.51. The van der Waals surface area contributed by atoms with Crippen LogP contribution >= 0.6 is 0 Å². The first kappa shape index (κ1) is 25.3. The predicted molar refractivity (Wildman–Crippen MR) is 131 cm³/mol. The number of likely N-dealkylation sites (tertiary alicyclic amines) is 2. The van der Waals surface area contributed by atoms with E-state index in [-0.39, 0.29) is 30.1 Å². The summed E-state index contributed by atoms with van der Waals surface area (Å²) in [6, 6.07) is 8.82. The van der Waals surface area contributed by atoms with E-state index in [1.165, 1.54) is 0 Å². The normalized spacial score (nSPS) is 22.8. The van der Waals surface area contributed by atoms with Crippen molar-refractivity contribution in [3.05, 3.63) is 24.3 Å². The minimum Gasteiger partial charge on any atom is -0.495 e. The molecule has 184 valence electrons. The summed E-state index contributed by atoms with van der Waals surface area (Å²) in [5.74, 6) is 0.783. The quantitative estimate of drug-likeness (QED) is 0.564. The SMILES string of the molecule is CCOC(=O)N1C(C)CCC1CC(CC)N1CCC(N(C(C)=O)c2ccccc2OC)CC1. The van der Waals surface area contributed by atoms with Crippen LogP contribution in [0.2, 0.25) is 0 Å². The van der Waals surface area contributed by atoms with Crippen molar-refractivity contribution in [3.63, 3.8) is 0 Å². The average molecular weight is 460 g/mol. The van der Waals surface area contributed by atoms with Crippen LogP contribution in [0.1, 0.15) is 66.2 Å². The van der Waals surface area contributed by atoms with Crippen molar-refractivity contribution in [1.82, 2.24) is 9.80 Å². The Morgan fingerprint density at radius 3 is 2.42 bits per heavy atom. The minimum atomic E-state index is -0.171. The lowest BCUT2D eigenvalue weighted by Gasteiger charge is -2.42. The number of nitrogens with zero attached hydrogens (tertiary/aromatic N) is 3. The van der Waals surface area contributed by atoms with Gasteiger partial charge in [-0.2, -0.15) is 0 Å². The highest BCUT2D eigenvalue weighted by atomic mass is 16.6. The molecule has 0 aromatic heterocycles. The van der Waals surface area contributed by atoms with Crippen LogP contribution in [0.25, 0.3) is 0 Å². The number of hydrogen-bond donors (Lipinski definition) is 0. The highest BCUT2D eigenvalue weighted by molar-refractivity contribution is 5.93. The molecule has 3 rings (SSSR count). The zero-order chi connectivity index (χ0) is 24.0. The third-order valence-corrected chi connectivity index (χ3v) is 7.34. The van der Waals surface area contributed by atoms with E-state index < -0.39 is 0 Å². The smallest absolute Gasteiger partial charge is 0.410 e. The number of anilines is 1. The molecular formula is C26H41N3O4. The van der Waals surface area contributed by atoms with Gasteiger partial charge in [0.2, 0.25) is 5.91 Å². The van der Waals surface area contributed by atoms with Crippen molar-refractivity contribution < 1.29 is 19.1 Å². The maximum absolute atomic E-state index is 12.6. The zero-order valence-corrected chi connectivity index (χ0v) is 21.0. The fraction of sp³-hybridized carbons (Fsp3) is 0.692. The van der Waals surface area contributed by atoms with Crippen molar-refractivity contribution >= 4 is 17.7 Å². The van der Waals surface area contributed by atoms with E-state index in [9.17, 15) is 9.59 Å². The molecule has 33 heavy (non-hydrogen) atoms. The number of hydrogen-bond acceptors (Lipinski definition) is 5. The van der Waals surface area contributed by atoms with Gasteiger partial charge in [-0.1, -0.05) is 19.1 Å². The van der Waals surface area contributed by atoms with Crippen molar-refractivity contribution in [2.75, 3.05) is 31.7 Å². The molecule has 2 saturated heterocycles. The summed E-state index contributed by atoms with van der Waals surface area (Å²) in [5, 5.41) is 0. The summed E-state index contributed by atoms with van der Waals surface area (Å²) < 4.78 is 10.9. The molecule has 0 spiro atoms. The van der Waals surface area contributed by atoms with Crippen LogP contribution in [0.5, 0.6) is 5.75 Å². The van der Waals surface area contributed by atoms with Crippen LogP contribution in [0.4, 0.5) is 10.5 Å². The number of rotatable bonds is 8. The Kier molecular flexibility index (Phi) is 9.01. The number of para-hydroxylation sites is 2. The number of piperidine rings is 1. The van der Waals surface area contributed by atoms with Crippen LogP contribution in [-0.2, 0) is 9.53 Å². The van der Waals surface area contributed by atoms with E-state index in [1.54, 1.807) is 14.0 Å². The fourth-order valence-electron chi connectivity index (χ4n) is 5.68. The van der Waals surface area contributed by atoms with Crippen LogP contribution in [0, 0.1) is 0 Å². The second kappa shape index (κ2) is 11.7. The van der Waals surface area contributed by atoms with Crippen molar-refractivity contribution in [2.45, 2.75) is 90.4 Å². The van der Waals surface area contributed by atoms with Gasteiger partial charge in [0.15, 0.2) is 0 Å². The van der Waals surface area contributed by atoms with Crippen LogP contribution in [0.15, 0.2) is 24.3 Å². The first-order valence-corrected chi connectivity index (χ1v) is 12.5. The Morgan fingerprint density at radius 2 is 1.82 bits per heavy atom. The summed E-state index contributed by atoms with van der Waals surface area (Å²) >= 11 is 0. The molecule has 0 N–H and O–H groups in total. The van der Waals surface area contributed by atoms with Gasteiger partial charge >= 0.3 is 6.09 Å². The molecule has 2 aliphatic rings. The molecule has 2 heterocycles. The summed E-state index contributed by atoms with van der Waals surface area (Å²) in [6.45, 7) is 10.2. The number of benzene rings is 1. The lowest BCUT2D eigenvalue weighted by molar-refractivity contribution is -0.117. The second-order valence-corrected chi connectivity index (χ2v) is 9.31. The van der Waals surface area contributed by atoms with Crippen molar-refractivity contribution in [1.29, 1.82) is 0 Å².